The van der Waals surface area contributed by atoms with Crippen LogP contribution in [0, 0.1) is 5.92 Å². The van der Waals surface area contributed by atoms with E-state index in [9.17, 15) is 13.2 Å². The highest BCUT2D eigenvalue weighted by atomic mass is 35.5. The van der Waals surface area contributed by atoms with Crippen molar-refractivity contribution in [2.45, 2.75) is 51.2 Å². The molecule has 20 heavy (non-hydrogen) atoms. The number of nitrogens with one attached hydrogen (secondary N) is 1. The molecule has 0 heterocycles. The molecule has 112 valence electrons. The zero-order chi connectivity index (χ0) is 14.8. The Kier molecular flexibility index (Phi) is 4.84. The summed E-state index contributed by atoms with van der Waals surface area (Å²) in [4.78, 5) is 0. The molecule has 2 unspecified atom stereocenters. The molecule has 0 bridgehead atoms. The number of halogens is 4. The molecule has 1 aliphatic rings. The minimum atomic E-state index is -4.33. The van der Waals surface area contributed by atoms with E-state index in [1.807, 2.05) is 0 Å². The van der Waals surface area contributed by atoms with Gasteiger partial charge in [0.15, 0.2) is 0 Å². The van der Waals surface area contributed by atoms with Crippen molar-refractivity contribution in [2.75, 3.05) is 5.32 Å². The third-order valence-electron chi connectivity index (χ3n) is 3.91. The Balaban J connectivity index is 2.12. The van der Waals surface area contributed by atoms with Crippen LogP contribution in [0.2, 0.25) is 5.02 Å². The zero-order valence-electron chi connectivity index (χ0n) is 11.4. The lowest BCUT2D eigenvalue weighted by atomic mass is 10.0. The lowest BCUT2D eigenvalue weighted by Gasteiger charge is -2.20. The van der Waals surface area contributed by atoms with Crippen molar-refractivity contribution in [1.29, 1.82) is 0 Å². The van der Waals surface area contributed by atoms with E-state index in [2.05, 4.69) is 12.2 Å². The van der Waals surface area contributed by atoms with Gasteiger partial charge >= 0.3 is 6.18 Å². The van der Waals surface area contributed by atoms with Gasteiger partial charge in [-0.25, -0.2) is 0 Å². The van der Waals surface area contributed by atoms with E-state index in [1.54, 1.807) is 0 Å². The van der Waals surface area contributed by atoms with Gasteiger partial charge in [0.25, 0.3) is 0 Å². The number of alkyl halides is 3. The third-order valence-corrected chi connectivity index (χ3v) is 4.24. The Morgan fingerprint density at radius 2 is 1.90 bits per heavy atom. The molecule has 1 aromatic carbocycles. The smallest absolute Gasteiger partial charge is 0.381 e. The maximum Gasteiger partial charge on any atom is 0.416 e. The monoisotopic (exact) mass is 305 g/mol. The molecule has 0 saturated heterocycles. The van der Waals surface area contributed by atoms with Gasteiger partial charge in [0.2, 0.25) is 0 Å². The second kappa shape index (κ2) is 6.25. The highest BCUT2D eigenvalue weighted by molar-refractivity contribution is 6.33. The van der Waals surface area contributed by atoms with Crippen LogP contribution >= 0.6 is 11.6 Å². The summed E-state index contributed by atoms with van der Waals surface area (Å²) in [5.41, 5.74) is -0.271. The van der Waals surface area contributed by atoms with E-state index < -0.39 is 11.7 Å². The summed E-state index contributed by atoms with van der Waals surface area (Å²) in [6.07, 6.45) is 1.03. The number of rotatable bonds is 2. The van der Waals surface area contributed by atoms with Gasteiger partial charge in [0.05, 0.1) is 16.3 Å². The number of benzene rings is 1. The molecular weight excluding hydrogens is 287 g/mol. The molecule has 0 spiro atoms. The first-order valence-corrected chi connectivity index (χ1v) is 7.37. The third kappa shape index (κ3) is 4.05. The quantitative estimate of drug-likeness (QED) is 0.687. The minimum absolute atomic E-state index is 0.209. The van der Waals surface area contributed by atoms with Crippen LogP contribution in [-0.4, -0.2) is 6.04 Å². The van der Waals surface area contributed by atoms with Crippen molar-refractivity contribution < 1.29 is 13.2 Å². The summed E-state index contributed by atoms with van der Waals surface area (Å²) in [6, 6.07) is 3.65. The van der Waals surface area contributed by atoms with E-state index >= 15 is 0 Å². The lowest BCUT2D eigenvalue weighted by Crippen LogP contribution is -2.19. The van der Waals surface area contributed by atoms with Crippen LogP contribution in [0.5, 0.6) is 0 Å². The fourth-order valence-corrected chi connectivity index (χ4v) is 2.84. The van der Waals surface area contributed by atoms with Gasteiger partial charge in [-0.2, -0.15) is 13.2 Å². The van der Waals surface area contributed by atoms with E-state index in [4.69, 9.17) is 11.6 Å². The molecule has 1 N–H and O–H groups in total. The summed E-state index contributed by atoms with van der Waals surface area (Å²) in [5, 5.41) is 3.53. The summed E-state index contributed by atoms with van der Waals surface area (Å²) >= 11 is 6.01. The van der Waals surface area contributed by atoms with Gasteiger partial charge in [-0.3, -0.25) is 0 Å². The van der Waals surface area contributed by atoms with Crippen molar-refractivity contribution in [3.63, 3.8) is 0 Å². The molecule has 1 fully saturated rings. The average Bonchev–Trinajstić information content (AvgIpc) is 2.56. The van der Waals surface area contributed by atoms with Crippen LogP contribution in [0.4, 0.5) is 18.9 Å². The maximum atomic E-state index is 12.7. The number of hydrogen-bond donors (Lipinski definition) is 1. The van der Waals surface area contributed by atoms with Crippen LogP contribution in [0.1, 0.15) is 44.6 Å². The molecule has 2 atom stereocenters. The van der Waals surface area contributed by atoms with E-state index in [1.165, 1.54) is 12.5 Å². The fraction of sp³-hybridized carbons (Fsp3) is 0.600. The van der Waals surface area contributed by atoms with E-state index in [0.717, 1.165) is 37.8 Å². The molecule has 0 aliphatic heterocycles. The normalized spacial score (nSPS) is 24.2. The Hall–Kier alpha value is -0.900. The molecule has 1 nitrogen and oxygen atoms in total. The van der Waals surface area contributed by atoms with Crippen molar-refractivity contribution in [2.24, 2.45) is 5.92 Å². The second-order valence-electron chi connectivity index (χ2n) is 5.65. The van der Waals surface area contributed by atoms with Gasteiger partial charge in [0.1, 0.15) is 0 Å². The average molecular weight is 306 g/mol. The van der Waals surface area contributed by atoms with Gasteiger partial charge in [-0.05, 0) is 43.4 Å². The fourth-order valence-electron chi connectivity index (χ4n) is 2.66. The molecule has 1 saturated carbocycles. The standard InChI is InChI=1S/C15H19ClF3N/c1-10-3-2-4-12(7-5-10)20-14-9-11(15(17,18)19)6-8-13(14)16/h6,8-10,12,20H,2-5,7H2,1H3. The molecule has 1 aliphatic carbocycles. The largest absolute Gasteiger partial charge is 0.416 e. The Bertz CT molecular complexity index is 459. The van der Waals surface area contributed by atoms with Crippen LogP contribution < -0.4 is 5.32 Å². The topological polar surface area (TPSA) is 12.0 Å². The lowest BCUT2D eigenvalue weighted by molar-refractivity contribution is -0.137. The summed E-state index contributed by atoms with van der Waals surface area (Å²) in [5.74, 6) is 0.693. The van der Waals surface area contributed by atoms with Gasteiger partial charge < -0.3 is 5.32 Å². The Morgan fingerprint density at radius 3 is 2.60 bits per heavy atom. The van der Waals surface area contributed by atoms with Crippen molar-refractivity contribution in [3.8, 4) is 0 Å². The molecule has 0 aromatic heterocycles. The van der Waals surface area contributed by atoms with Crippen molar-refractivity contribution in [1.82, 2.24) is 0 Å². The molecular formula is C15H19ClF3N. The molecule has 0 radical (unpaired) electrons. The van der Waals surface area contributed by atoms with Crippen LogP contribution in [0.3, 0.4) is 0 Å². The van der Waals surface area contributed by atoms with E-state index in [-0.39, 0.29) is 6.04 Å². The highest BCUT2D eigenvalue weighted by Crippen LogP contribution is 2.35. The van der Waals surface area contributed by atoms with Gasteiger partial charge in [-0.15, -0.1) is 0 Å². The first-order chi connectivity index (χ1) is 9.36. The predicted octanol–water partition coefficient (Wildman–Crippen LogP) is 5.74. The zero-order valence-corrected chi connectivity index (χ0v) is 12.2. The van der Waals surface area contributed by atoms with Crippen LogP contribution in [-0.2, 0) is 6.18 Å². The summed E-state index contributed by atoms with van der Waals surface area (Å²) in [7, 11) is 0. The number of anilines is 1. The first-order valence-electron chi connectivity index (χ1n) is 6.99. The Morgan fingerprint density at radius 1 is 1.15 bits per heavy atom. The predicted molar refractivity (Wildman–Crippen MR) is 76.1 cm³/mol. The van der Waals surface area contributed by atoms with E-state index in [0.29, 0.717) is 16.6 Å². The summed E-state index contributed by atoms with van der Waals surface area (Å²) < 4.78 is 38.2. The first kappa shape index (κ1) is 15.5. The van der Waals surface area contributed by atoms with Crippen molar-refractivity contribution in [3.05, 3.63) is 28.8 Å². The second-order valence-corrected chi connectivity index (χ2v) is 6.05. The van der Waals surface area contributed by atoms with Crippen LogP contribution in [0.15, 0.2) is 18.2 Å². The van der Waals surface area contributed by atoms with Crippen molar-refractivity contribution >= 4 is 17.3 Å². The highest BCUT2D eigenvalue weighted by Gasteiger charge is 2.31. The van der Waals surface area contributed by atoms with Gasteiger partial charge in [0, 0.05) is 6.04 Å². The SMILES string of the molecule is CC1CCCC(Nc2cc(C(F)(F)F)ccc2Cl)CC1. The summed E-state index contributed by atoms with van der Waals surface area (Å²) in [6.45, 7) is 2.22. The van der Waals surface area contributed by atoms with Gasteiger partial charge in [-0.1, -0.05) is 31.4 Å². The number of hydrogen-bond acceptors (Lipinski definition) is 1. The molecule has 1 aromatic rings. The maximum absolute atomic E-state index is 12.7. The minimum Gasteiger partial charge on any atom is -0.381 e. The molecule has 5 heteroatoms. The van der Waals surface area contributed by atoms with Crippen LogP contribution in [0.25, 0.3) is 0 Å². The molecule has 2 rings (SSSR count). The Labute approximate surface area is 122 Å². The molecule has 0 amide bonds.